The highest BCUT2D eigenvalue weighted by atomic mass is 79.9. The summed E-state index contributed by atoms with van der Waals surface area (Å²) in [6.07, 6.45) is 2.43. The van der Waals surface area contributed by atoms with E-state index in [1.165, 1.54) is 6.08 Å². The number of benzene rings is 1. The molecule has 1 aromatic rings. The van der Waals surface area contributed by atoms with Crippen molar-refractivity contribution in [1.82, 2.24) is 0 Å². The van der Waals surface area contributed by atoms with Crippen LogP contribution in [0.1, 0.15) is 18.1 Å². The predicted molar refractivity (Wildman–Crippen MR) is 85.4 cm³/mol. The quantitative estimate of drug-likeness (QED) is 0.739. The van der Waals surface area contributed by atoms with Crippen molar-refractivity contribution < 1.29 is 23.1 Å². The summed E-state index contributed by atoms with van der Waals surface area (Å²) in [5.41, 5.74) is 1.38. The molecule has 0 aliphatic heterocycles. The molecular formula is C14H17BrO5S. The predicted octanol–water partition coefficient (Wildman–Crippen LogP) is 2.67. The molecule has 1 rings (SSSR count). The minimum atomic E-state index is -3.10. The fraction of sp³-hybridized carbons (Fsp3) is 0.357. The van der Waals surface area contributed by atoms with E-state index in [2.05, 4.69) is 15.9 Å². The lowest BCUT2D eigenvalue weighted by Gasteiger charge is -2.13. The third-order valence-corrected chi connectivity index (χ3v) is 4.88. The number of carboxylic acid groups (broad SMARTS) is 1. The maximum Gasteiger partial charge on any atom is 0.328 e. The number of sulfone groups is 1. The molecule has 0 unspecified atom stereocenters. The highest BCUT2D eigenvalue weighted by molar-refractivity contribution is 9.10. The lowest BCUT2D eigenvalue weighted by Crippen LogP contribution is -2.16. The molecule has 0 bridgehead atoms. The van der Waals surface area contributed by atoms with Gasteiger partial charge in [0, 0.05) is 21.9 Å². The highest BCUT2D eigenvalue weighted by Crippen LogP contribution is 2.29. The molecule has 0 amide bonds. The van der Waals surface area contributed by atoms with Crippen LogP contribution in [0, 0.1) is 6.92 Å². The Morgan fingerprint density at radius 3 is 2.67 bits per heavy atom. The van der Waals surface area contributed by atoms with Gasteiger partial charge in [-0.3, -0.25) is 0 Å². The Hall–Kier alpha value is -1.34. The van der Waals surface area contributed by atoms with Crippen molar-refractivity contribution in [3.63, 3.8) is 0 Å². The molecule has 5 nitrogen and oxygen atoms in total. The first-order valence-electron chi connectivity index (χ1n) is 6.29. The number of hydrogen-bond donors (Lipinski definition) is 1. The number of carbonyl (C=O) groups is 1. The summed E-state index contributed by atoms with van der Waals surface area (Å²) in [6, 6.07) is 3.54. The number of aryl methyl sites for hydroxylation is 1. The Kier molecular flexibility index (Phi) is 6.42. The summed E-state index contributed by atoms with van der Waals surface area (Å²) in [5.74, 6) is -0.572. The molecule has 0 saturated carbocycles. The number of halogens is 1. The van der Waals surface area contributed by atoms with Crippen LogP contribution >= 0.6 is 15.9 Å². The topological polar surface area (TPSA) is 80.7 Å². The van der Waals surface area contributed by atoms with Crippen LogP contribution in [0.15, 0.2) is 22.7 Å². The van der Waals surface area contributed by atoms with E-state index in [1.54, 1.807) is 13.0 Å². The van der Waals surface area contributed by atoms with Gasteiger partial charge in [-0.05, 0) is 30.7 Å². The second-order valence-corrected chi connectivity index (χ2v) is 7.79. The second kappa shape index (κ2) is 7.61. The van der Waals surface area contributed by atoms with Crippen molar-refractivity contribution in [2.45, 2.75) is 13.8 Å². The van der Waals surface area contributed by atoms with E-state index >= 15 is 0 Å². The van der Waals surface area contributed by atoms with E-state index in [1.807, 2.05) is 13.0 Å². The van der Waals surface area contributed by atoms with Crippen LogP contribution < -0.4 is 4.74 Å². The van der Waals surface area contributed by atoms with E-state index in [4.69, 9.17) is 9.84 Å². The molecule has 0 saturated heterocycles. The Morgan fingerprint density at radius 2 is 2.10 bits per heavy atom. The average Bonchev–Trinajstić information content (AvgIpc) is 2.38. The SMILES string of the molecule is CCS(=O)(=O)CCOc1c(C)cc(Br)cc1/C=C/C(=O)O. The molecular weight excluding hydrogens is 360 g/mol. The van der Waals surface area contributed by atoms with Gasteiger partial charge in [0.1, 0.15) is 12.4 Å². The smallest absolute Gasteiger partial charge is 0.328 e. The van der Waals surface area contributed by atoms with Crippen molar-refractivity contribution in [2.75, 3.05) is 18.1 Å². The summed E-state index contributed by atoms with van der Waals surface area (Å²) in [7, 11) is -3.10. The Labute approximate surface area is 132 Å². The van der Waals surface area contributed by atoms with Gasteiger partial charge in [-0.15, -0.1) is 0 Å². The molecule has 0 aliphatic rings. The van der Waals surface area contributed by atoms with Gasteiger partial charge in [-0.1, -0.05) is 22.9 Å². The second-order valence-electron chi connectivity index (χ2n) is 4.40. The minimum Gasteiger partial charge on any atom is -0.492 e. The summed E-state index contributed by atoms with van der Waals surface area (Å²) in [5, 5.41) is 8.70. The molecule has 1 N–H and O–H groups in total. The lowest BCUT2D eigenvalue weighted by molar-refractivity contribution is -0.131. The first kappa shape index (κ1) is 17.7. The first-order chi connectivity index (χ1) is 9.75. The third kappa shape index (κ3) is 5.89. The van der Waals surface area contributed by atoms with Crippen molar-refractivity contribution >= 4 is 37.8 Å². The van der Waals surface area contributed by atoms with E-state index in [9.17, 15) is 13.2 Å². The van der Waals surface area contributed by atoms with Crippen LogP contribution in [0.2, 0.25) is 0 Å². The Morgan fingerprint density at radius 1 is 1.43 bits per heavy atom. The van der Waals surface area contributed by atoms with Crippen LogP contribution in [-0.2, 0) is 14.6 Å². The van der Waals surface area contributed by atoms with E-state index < -0.39 is 15.8 Å². The zero-order chi connectivity index (χ0) is 16.0. The maximum absolute atomic E-state index is 11.4. The van der Waals surface area contributed by atoms with Crippen molar-refractivity contribution in [2.24, 2.45) is 0 Å². The monoisotopic (exact) mass is 376 g/mol. The minimum absolute atomic E-state index is 0.0343. The molecule has 0 aromatic heterocycles. The third-order valence-electron chi connectivity index (χ3n) is 2.75. The number of carboxylic acids is 1. The first-order valence-corrected chi connectivity index (χ1v) is 8.91. The summed E-state index contributed by atoms with van der Waals surface area (Å²) < 4.78 is 29.2. The van der Waals surface area contributed by atoms with Gasteiger partial charge in [-0.2, -0.15) is 0 Å². The maximum atomic E-state index is 11.4. The molecule has 0 aliphatic carbocycles. The fourth-order valence-electron chi connectivity index (χ4n) is 1.65. The molecule has 1 aromatic carbocycles. The number of rotatable bonds is 7. The number of hydrogen-bond acceptors (Lipinski definition) is 4. The molecule has 0 radical (unpaired) electrons. The van der Waals surface area contributed by atoms with Gasteiger partial charge in [0.25, 0.3) is 0 Å². The van der Waals surface area contributed by atoms with Gasteiger partial charge in [0.05, 0.1) is 5.75 Å². The summed E-state index contributed by atoms with van der Waals surface area (Å²) >= 11 is 3.33. The average molecular weight is 377 g/mol. The standard InChI is InChI=1S/C14H17BrO5S/c1-3-21(18,19)7-6-20-14-10(2)8-12(15)9-11(14)4-5-13(16)17/h4-5,8-9H,3,6-7H2,1-2H3,(H,16,17)/b5-4+. The van der Waals surface area contributed by atoms with Gasteiger partial charge in [0.2, 0.25) is 0 Å². The number of aliphatic carboxylic acids is 1. The molecule has 7 heteroatoms. The summed E-state index contributed by atoms with van der Waals surface area (Å²) in [4.78, 5) is 10.6. The van der Waals surface area contributed by atoms with Gasteiger partial charge in [0.15, 0.2) is 9.84 Å². The fourth-order valence-corrected chi connectivity index (χ4v) is 2.87. The largest absolute Gasteiger partial charge is 0.492 e. The zero-order valence-corrected chi connectivity index (χ0v) is 14.2. The van der Waals surface area contributed by atoms with Gasteiger partial charge in [-0.25, -0.2) is 13.2 Å². The van der Waals surface area contributed by atoms with Crippen LogP contribution in [0.4, 0.5) is 0 Å². The normalized spacial score (nSPS) is 11.8. The molecule has 0 atom stereocenters. The van der Waals surface area contributed by atoms with Crippen molar-refractivity contribution in [3.05, 3.63) is 33.8 Å². The van der Waals surface area contributed by atoms with E-state index in [0.29, 0.717) is 11.3 Å². The highest BCUT2D eigenvalue weighted by Gasteiger charge is 2.11. The van der Waals surface area contributed by atoms with Crippen molar-refractivity contribution in [3.8, 4) is 5.75 Å². The van der Waals surface area contributed by atoms with E-state index in [0.717, 1.165) is 16.1 Å². The zero-order valence-electron chi connectivity index (χ0n) is 11.8. The Balaban J connectivity index is 2.97. The molecule has 0 heterocycles. The molecule has 116 valence electrons. The van der Waals surface area contributed by atoms with Gasteiger partial charge < -0.3 is 9.84 Å². The van der Waals surface area contributed by atoms with Crippen LogP contribution in [0.25, 0.3) is 6.08 Å². The van der Waals surface area contributed by atoms with Crippen LogP contribution in [0.5, 0.6) is 5.75 Å². The van der Waals surface area contributed by atoms with Gasteiger partial charge >= 0.3 is 5.97 Å². The molecule has 0 spiro atoms. The summed E-state index contributed by atoms with van der Waals surface area (Å²) in [6.45, 7) is 3.43. The molecule has 21 heavy (non-hydrogen) atoms. The Bertz CT molecular complexity index is 650. The van der Waals surface area contributed by atoms with E-state index in [-0.39, 0.29) is 18.1 Å². The van der Waals surface area contributed by atoms with Crippen molar-refractivity contribution in [1.29, 1.82) is 0 Å². The van der Waals surface area contributed by atoms with Crippen LogP contribution in [-0.4, -0.2) is 37.6 Å². The molecule has 0 fully saturated rings. The lowest BCUT2D eigenvalue weighted by atomic mass is 10.1. The number of ether oxygens (including phenoxy) is 1. The van der Waals surface area contributed by atoms with Crippen LogP contribution in [0.3, 0.4) is 0 Å².